The number of hydrogen-bond donors (Lipinski definition) is 0. The van der Waals surface area contributed by atoms with E-state index in [1.807, 2.05) is 6.92 Å². The van der Waals surface area contributed by atoms with E-state index in [1.165, 1.54) is 10.6 Å². The van der Waals surface area contributed by atoms with Gasteiger partial charge in [-0.1, -0.05) is 38.5 Å². The van der Waals surface area contributed by atoms with E-state index >= 15 is 0 Å². The highest BCUT2D eigenvalue weighted by atomic mass is 16.5. The van der Waals surface area contributed by atoms with Gasteiger partial charge >= 0.3 is 0 Å². The van der Waals surface area contributed by atoms with Gasteiger partial charge in [0, 0.05) is 0 Å². The number of nitrogens with zero attached hydrogens (tertiary/aromatic N) is 2. The summed E-state index contributed by atoms with van der Waals surface area (Å²) in [6, 6.07) is 4.21. The van der Waals surface area contributed by atoms with Crippen LogP contribution in [0.3, 0.4) is 0 Å². The molecule has 3 rings (SSSR count). The molecule has 0 aromatic heterocycles. The standard InChI is InChI=1S/C19H26N2O3/c1-5-13-8-12(4)9-14(6-2)16(13)17-18(22)20-10-15(7-3)24-11-21(20)19(17)23/h8-9,15,17H,5-7,10-11H2,1-4H3. The Kier molecular flexibility index (Phi) is 4.63. The van der Waals surface area contributed by atoms with Crippen LogP contribution in [0.1, 0.15) is 55.4 Å². The molecule has 24 heavy (non-hydrogen) atoms. The van der Waals surface area contributed by atoms with Gasteiger partial charge in [0.25, 0.3) is 11.8 Å². The van der Waals surface area contributed by atoms with Crippen LogP contribution in [-0.2, 0) is 27.2 Å². The largest absolute Gasteiger partial charge is 0.354 e. The minimum atomic E-state index is -0.713. The third kappa shape index (κ3) is 2.61. The first-order chi connectivity index (χ1) is 11.5. The van der Waals surface area contributed by atoms with Crippen molar-refractivity contribution in [1.82, 2.24) is 10.0 Å². The van der Waals surface area contributed by atoms with Crippen molar-refractivity contribution in [3.63, 3.8) is 0 Å². The Morgan fingerprint density at radius 1 is 1.04 bits per heavy atom. The molecule has 2 aliphatic rings. The highest BCUT2D eigenvalue weighted by Crippen LogP contribution is 2.36. The van der Waals surface area contributed by atoms with Gasteiger partial charge < -0.3 is 4.74 Å². The smallest absolute Gasteiger partial charge is 0.260 e. The molecule has 5 nitrogen and oxygen atoms in total. The molecule has 5 heteroatoms. The lowest BCUT2D eigenvalue weighted by atomic mass is 9.85. The molecule has 0 radical (unpaired) electrons. The molecule has 2 atom stereocenters. The second kappa shape index (κ2) is 6.55. The fraction of sp³-hybridized carbons (Fsp3) is 0.579. The number of rotatable bonds is 4. The lowest BCUT2D eigenvalue weighted by Crippen LogP contribution is -2.51. The van der Waals surface area contributed by atoms with Gasteiger partial charge in [-0.15, -0.1) is 0 Å². The van der Waals surface area contributed by atoms with Crippen LogP contribution in [0.4, 0.5) is 0 Å². The number of benzene rings is 1. The first-order valence-electron chi connectivity index (χ1n) is 8.88. The van der Waals surface area contributed by atoms with Gasteiger partial charge in [-0.05, 0) is 42.9 Å². The summed E-state index contributed by atoms with van der Waals surface area (Å²) in [7, 11) is 0. The molecule has 0 spiro atoms. The van der Waals surface area contributed by atoms with Gasteiger partial charge in [-0.2, -0.15) is 0 Å². The van der Waals surface area contributed by atoms with E-state index in [4.69, 9.17) is 4.74 Å². The number of amides is 2. The van der Waals surface area contributed by atoms with Crippen LogP contribution in [0.2, 0.25) is 0 Å². The fourth-order valence-electron chi connectivity index (χ4n) is 3.79. The molecule has 2 aliphatic heterocycles. The van der Waals surface area contributed by atoms with Crippen molar-refractivity contribution in [3.8, 4) is 0 Å². The zero-order chi connectivity index (χ0) is 17.4. The Balaban J connectivity index is 2.04. The highest BCUT2D eigenvalue weighted by molar-refractivity contribution is 6.10. The van der Waals surface area contributed by atoms with Gasteiger partial charge in [-0.3, -0.25) is 9.59 Å². The first-order valence-corrected chi connectivity index (χ1v) is 8.88. The Morgan fingerprint density at radius 2 is 1.62 bits per heavy atom. The quantitative estimate of drug-likeness (QED) is 0.797. The number of ether oxygens (including phenoxy) is 1. The van der Waals surface area contributed by atoms with Crippen LogP contribution < -0.4 is 0 Å². The SMILES string of the molecule is CCc1cc(C)cc(CC)c1C1C(=O)N2COC(CC)CN2C1=O. The van der Waals surface area contributed by atoms with Gasteiger partial charge in [0.2, 0.25) is 0 Å². The molecule has 0 aliphatic carbocycles. The van der Waals surface area contributed by atoms with Crippen molar-refractivity contribution < 1.29 is 14.3 Å². The summed E-state index contributed by atoms with van der Waals surface area (Å²) >= 11 is 0. The summed E-state index contributed by atoms with van der Waals surface area (Å²) in [5, 5.41) is 3.08. The third-order valence-corrected chi connectivity index (χ3v) is 5.10. The molecule has 130 valence electrons. The Morgan fingerprint density at radius 3 is 2.17 bits per heavy atom. The first kappa shape index (κ1) is 17.0. The maximum absolute atomic E-state index is 13.0. The van der Waals surface area contributed by atoms with E-state index < -0.39 is 5.92 Å². The molecular formula is C19H26N2O3. The van der Waals surface area contributed by atoms with Gasteiger partial charge in [-0.25, -0.2) is 10.0 Å². The summed E-state index contributed by atoms with van der Waals surface area (Å²) in [6.07, 6.45) is 2.47. The molecule has 0 N–H and O–H groups in total. The Hall–Kier alpha value is -1.88. The third-order valence-electron chi connectivity index (χ3n) is 5.10. The predicted molar refractivity (Wildman–Crippen MR) is 91.3 cm³/mol. The second-order valence-electron chi connectivity index (χ2n) is 6.62. The highest BCUT2D eigenvalue weighted by Gasteiger charge is 2.50. The number of hydrazine groups is 1. The molecule has 0 saturated carbocycles. The van der Waals surface area contributed by atoms with Crippen molar-refractivity contribution in [3.05, 3.63) is 34.4 Å². The van der Waals surface area contributed by atoms with E-state index in [0.29, 0.717) is 6.54 Å². The molecular weight excluding hydrogens is 304 g/mol. The summed E-state index contributed by atoms with van der Waals surface area (Å²) in [6.45, 7) is 8.88. The van der Waals surface area contributed by atoms with E-state index in [0.717, 1.165) is 36.0 Å². The second-order valence-corrected chi connectivity index (χ2v) is 6.62. The van der Waals surface area contributed by atoms with Crippen molar-refractivity contribution in [2.45, 2.75) is 59.0 Å². The maximum atomic E-state index is 13.0. The normalized spacial score (nSPS) is 23.8. The molecule has 1 aromatic carbocycles. The average molecular weight is 330 g/mol. The minimum absolute atomic E-state index is 0.00561. The average Bonchev–Trinajstić information content (AvgIpc) is 2.84. The summed E-state index contributed by atoms with van der Waals surface area (Å²) < 4.78 is 5.69. The predicted octanol–water partition coefficient (Wildman–Crippen LogP) is 2.56. The van der Waals surface area contributed by atoms with Crippen molar-refractivity contribution in [1.29, 1.82) is 0 Å². The van der Waals surface area contributed by atoms with Crippen molar-refractivity contribution >= 4 is 11.8 Å². The molecule has 2 heterocycles. The van der Waals surface area contributed by atoms with Gasteiger partial charge in [0.05, 0.1) is 12.6 Å². The van der Waals surface area contributed by atoms with E-state index in [2.05, 4.69) is 32.9 Å². The number of fused-ring (bicyclic) bond motifs is 1. The Labute approximate surface area is 143 Å². The van der Waals surface area contributed by atoms with Crippen molar-refractivity contribution in [2.24, 2.45) is 0 Å². The maximum Gasteiger partial charge on any atom is 0.260 e. The summed E-state index contributed by atoms with van der Waals surface area (Å²) in [4.78, 5) is 26.0. The van der Waals surface area contributed by atoms with E-state index in [9.17, 15) is 9.59 Å². The van der Waals surface area contributed by atoms with Crippen LogP contribution in [0.25, 0.3) is 0 Å². The summed E-state index contributed by atoms with van der Waals surface area (Å²) in [5.74, 6) is -0.965. The lowest BCUT2D eigenvalue weighted by molar-refractivity contribution is -0.188. The van der Waals surface area contributed by atoms with Crippen LogP contribution >= 0.6 is 0 Å². The topological polar surface area (TPSA) is 49.9 Å². The van der Waals surface area contributed by atoms with Crippen LogP contribution in [-0.4, -0.2) is 41.2 Å². The number of carbonyl (C=O) groups excluding carboxylic acids is 2. The molecule has 2 amide bonds. The van der Waals surface area contributed by atoms with Crippen LogP contribution in [0.15, 0.2) is 12.1 Å². The number of hydrogen-bond acceptors (Lipinski definition) is 3. The van der Waals surface area contributed by atoms with Gasteiger partial charge in [0.15, 0.2) is 0 Å². The van der Waals surface area contributed by atoms with Gasteiger partial charge in [0.1, 0.15) is 12.6 Å². The molecule has 2 fully saturated rings. The lowest BCUT2D eigenvalue weighted by Gasteiger charge is -2.36. The minimum Gasteiger partial charge on any atom is -0.354 e. The molecule has 0 bridgehead atoms. The van der Waals surface area contributed by atoms with Crippen molar-refractivity contribution in [2.75, 3.05) is 13.3 Å². The van der Waals surface area contributed by atoms with E-state index in [-0.39, 0.29) is 24.6 Å². The number of carbonyl (C=O) groups is 2. The number of aryl methyl sites for hydroxylation is 3. The Bertz CT molecular complexity index is 646. The summed E-state index contributed by atoms with van der Waals surface area (Å²) in [5.41, 5.74) is 4.31. The zero-order valence-corrected chi connectivity index (χ0v) is 15.0. The fourth-order valence-corrected chi connectivity index (χ4v) is 3.79. The monoisotopic (exact) mass is 330 g/mol. The molecule has 2 saturated heterocycles. The molecule has 1 aromatic rings. The van der Waals surface area contributed by atoms with Crippen LogP contribution in [0, 0.1) is 6.92 Å². The van der Waals surface area contributed by atoms with Crippen LogP contribution in [0.5, 0.6) is 0 Å². The van der Waals surface area contributed by atoms with E-state index in [1.54, 1.807) is 5.01 Å². The molecule has 2 unspecified atom stereocenters. The zero-order valence-electron chi connectivity index (χ0n) is 15.0.